The molecule has 1 N–H and O–H groups in total. The summed E-state index contributed by atoms with van der Waals surface area (Å²) in [7, 11) is 0. The van der Waals surface area contributed by atoms with Gasteiger partial charge in [-0.15, -0.1) is 0 Å². The summed E-state index contributed by atoms with van der Waals surface area (Å²) >= 11 is -2.00. The number of ether oxygens (including phenoxy) is 1. The van der Waals surface area contributed by atoms with E-state index in [9.17, 15) is 14.0 Å². The number of nitrogens with zero attached hydrogens (tertiary/aromatic N) is 3. The van der Waals surface area contributed by atoms with Crippen LogP contribution in [0.15, 0.2) is 40.9 Å². The molecule has 1 unspecified atom stereocenters. The van der Waals surface area contributed by atoms with Gasteiger partial charge in [0.05, 0.1) is 11.7 Å². The SMILES string of the molecule is CC(C)Oc1ccc(-c2nc(-c3cccc4c3CC[C@H]4NCCCS(=O)[O-])no2)cc1C#N. The van der Waals surface area contributed by atoms with E-state index in [4.69, 9.17) is 9.26 Å². The highest BCUT2D eigenvalue weighted by Gasteiger charge is 2.26. The van der Waals surface area contributed by atoms with E-state index in [0.717, 1.165) is 18.4 Å². The van der Waals surface area contributed by atoms with Crippen molar-refractivity contribution in [2.45, 2.75) is 45.3 Å². The van der Waals surface area contributed by atoms with Crippen molar-refractivity contribution in [2.24, 2.45) is 0 Å². The fraction of sp³-hybridized carbons (Fsp3) is 0.375. The van der Waals surface area contributed by atoms with Crippen LogP contribution in [0.1, 0.15) is 49.4 Å². The van der Waals surface area contributed by atoms with Crippen LogP contribution in [0.2, 0.25) is 0 Å². The molecule has 1 heterocycles. The van der Waals surface area contributed by atoms with Crippen LogP contribution in [0.4, 0.5) is 0 Å². The van der Waals surface area contributed by atoms with Crippen LogP contribution < -0.4 is 10.1 Å². The lowest BCUT2D eigenvalue weighted by molar-refractivity contribution is 0.241. The van der Waals surface area contributed by atoms with Crippen LogP contribution in [0, 0.1) is 11.3 Å². The fourth-order valence-electron chi connectivity index (χ4n) is 4.10. The monoisotopic (exact) mass is 465 g/mol. The van der Waals surface area contributed by atoms with Gasteiger partial charge in [0.15, 0.2) is 0 Å². The second kappa shape index (κ2) is 10.3. The van der Waals surface area contributed by atoms with Crippen LogP contribution in [0.3, 0.4) is 0 Å². The molecule has 0 bridgehead atoms. The summed E-state index contributed by atoms with van der Waals surface area (Å²) < 4.78 is 32.7. The van der Waals surface area contributed by atoms with Gasteiger partial charge in [0.1, 0.15) is 11.8 Å². The van der Waals surface area contributed by atoms with E-state index in [1.54, 1.807) is 18.2 Å². The number of rotatable bonds is 9. The van der Waals surface area contributed by atoms with Gasteiger partial charge < -0.3 is 19.1 Å². The molecule has 0 saturated heterocycles. The predicted octanol–water partition coefficient (Wildman–Crippen LogP) is 3.91. The largest absolute Gasteiger partial charge is 0.772 e. The van der Waals surface area contributed by atoms with E-state index in [2.05, 4.69) is 27.6 Å². The molecule has 0 amide bonds. The quantitative estimate of drug-likeness (QED) is 0.373. The maximum absolute atomic E-state index is 10.7. The smallest absolute Gasteiger partial charge is 0.258 e. The number of nitriles is 1. The van der Waals surface area contributed by atoms with Crippen molar-refractivity contribution in [3.63, 3.8) is 0 Å². The van der Waals surface area contributed by atoms with Gasteiger partial charge in [-0.1, -0.05) is 34.4 Å². The Labute approximate surface area is 195 Å². The first-order valence-electron chi connectivity index (χ1n) is 10.9. The standard InChI is InChI=1S/C24H26N4O4S/c1-15(2)31-22-10-7-16(13-17(22)14-25)24-27-23(28-32-24)20-6-3-5-19-18(20)8-9-21(19)26-11-4-12-33(29)30/h3,5-7,10,13,15,21,26H,4,8-9,11-12H2,1-2H3,(H,29,30)/p-1/t21-/m1/s1. The summed E-state index contributed by atoms with van der Waals surface area (Å²) in [6, 6.07) is 13.6. The Morgan fingerprint density at radius 3 is 2.97 bits per heavy atom. The summed E-state index contributed by atoms with van der Waals surface area (Å²) in [6.07, 6.45) is 2.36. The van der Waals surface area contributed by atoms with Gasteiger partial charge in [-0.05, 0) is 69.0 Å². The zero-order chi connectivity index (χ0) is 23.4. The van der Waals surface area contributed by atoms with E-state index in [1.165, 1.54) is 11.1 Å². The molecule has 0 saturated carbocycles. The summed E-state index contributed by atoms with van der Waals surface area (Å²) in [4.78, 5) is 4.60. The van der Waals surface area contributed by atoms with Crippen LogP contribution in [0.5, 0.6) is 5.75 Å². The zero-order valence-electron chi connectivity index (χ0n) is 18.5. The highest BCUT2D eigenvalue weighted by atomic mass is 32.2. The molecule has 9 heteroatoms. The van der Waals surface area contributed by atoms with E-state index in [-0.39, 0.29) is 17.9 Å². The van der Waals surface area contributed by atoms with E-state index in [1.807, 2.05) is 26.0 Å². The molecule has 2 aromatic carbocycles. The summed E-state index contributed by atoms with van der Waals surface area (Å²) in [5.41, 5.74) is 4.35. The van der Waals surface area contributed by atoms with Crippen molar-refractivity contribution in [1.29, 1.82) is 5.26 Å². The minimum atomic E-state index is -2.00. The Kier molecular flexibility index (Phi) is 7.18. The average Bonchev–Trinajstić information content (AvgIpc) is 3.44. The first-order valence-corrected chi connectivity index (χ1v) is 12.2. The Balaban J connectivity index is 1.54. The number of fused-ring (bicyclic) bond motifs is 1. The van der Waals surface area contributed by atoms with Crippen molar-refractivity contribution in [3.05, 3.63) is 53.1 Å². The van der Waals surface area contributed by atoms with Gasteiger partial charge in [0, 0.05) is 22.9 Å². The molecule has 1 aliphatic rings. The van der Waals surface area contributed by atoms with E-state index >= 15 is 0 Å². The maximum Gasteiger partial charge on any atom is 0.258 e. The molecule has 0 aliphatic heterocycles. The molecular weight excluding hydrogens is 440 g/mol. The third kappa shape index (κ3) is 5.30. The lowest BCUT2D eigenvalue weighted by Crippen LogP contribution is -2.21. The van der Waals surface area contributed by atoms with Crippen molar-refractivity contribution >= 4 is 11.1 Å². The maximum atomic E-state index is 10.7. The second-order valence-corrected chi connectivity index (χ2v) is 9.21. The van der Waals surface area contributed by atoms with Gasteiger partial charge in [-0.3, -0.25) is 4.21 Å². The average molecular weight is 466 g/mol. The molecule has 8 nitrogen and oxygen atoms in total. The van der Waals surface area contributed by atoms with Gasteiger partial charge >= 0.3 is 0 Å². The Hall–Kier alpha value is -3.06. The number of hydrogen-bond acceptors (Lipinski definition) is 8. The first kappa shape index (κ1) is 23.1. The van der Waals surface area contributed by atoms with Crippen molar-refractivity contribution in [1.82, 2.24) is 15.5 Å². The van der Waals surface area contributed by atoms with Crippen LogP contribution in [-0.2, 0) is 17.5 Å². The molecule has 1 aromatic heterocycles. The topological polar surface area (TPSA) is 124 Å². The number of hydrogen-bond donors (Lipinski definition) is 1. The zero-order valence-corrected chi connectivity index (χ0v) is 19.4. The fourth-order valence-corrected chi connectivity index (χ4v) is 4.48. The summed E-state index contributed by atoms with van der Waals surface area (Å²) in [5, 5.41) is 17.1. The van der Waals surface area contributed by atoms with Crippen molar-refractivity contribution in [3.8, 4) is 34.7 Å². The summed E-state index contributed by atoms with van der Waals surface area (Å²) in [5.74, 6) is 1.53. The molecule has 2 atom stereocenters. The second-order valence-electron chi connectivity index (χ2n) is 8.19. The molecule has 0 radical (unpaired) electrons. The van der Waals surface area contributed by atoms with E-state index < -0.39 is 11.1 Å². The van der Waals surface area contributed by atoms with Crippen LogP contribution in [0.25, 0.3) is 22.8 Å². The Bertz CT molecular complexity index is 1200. The number of benzene rings is 2. The summed E-state index contributed by atoms with van der Waals surface area (Å²) in [6.45, 7) is 4.46. The normalized spacial score (nSPS) is 15.9. The Morgan fingerprint density at radius 1 is 1.36 bits per heavy atom. The van der Waals surface area contributed by atoms with Gasteiger partial charge in [-0.2, -0.15) is 10.2 Å². The van der Waals surface area contributed by atoms with Gasteiger partial charge in [0.25, 0.3) is 5.89 Å². The Morgan fingerprint density at radius 2 is 2.21 bits per heavy atom. The number of nitrogens with one attached hydrogen (secondary N) is 1. The highest BCUT2D eigenvalue weighted by molar-refractivity contribution is 7.79. The molecular formula is C24H25N4O4S-. The van der Waals surface area contributed by atoms with E-state index in [0.29, 0.717) is 41.6 Å². The number of aromatic nitrogens is 2. The molecule has 4 rings (SSSR count). The van der Waals surface area contributed by atoms with Gasteiger partial charge in [0.2, 0.25) is 5.82 Å². The molecule has 172 valence electrons. The molecule has 33 heavy (non-hydrogen) atoms. The molecule has 0 spiro atoms. The van der Waals surface area contributed by atoms with Gasteiger partial charge in [-0.25, -0.2) is 0 Å². The first-order chi connectivity index (χ1) is 16.0. The van der Waals surface area contributed by atoms with Crippen molar-refractivity contribution < 1.29 is 18.0 Å². The molecule has 0 fully saturated rings. The molecule has 1 aliphatic carbocycles. The third-order valence-electron chi connectivity index (χ3n) is 5.53. The lowest BCUT2D eigenvalue weighted by atomic mass is 10.0. The van der Waals surface area contributed by atoms with Crippen LogP contribution >= 0.6 is 0 Å². The minimum Gasteiger partial charge on any atom is -0.772 e. The highest BCUT2D eigenvalue weighted by Crippen LogP contribution is 2.37. The van der Waals surface area contributed by atoms with Crippen LogP contribution in [-0.4, -0.2) is 37.3 Å². The third-order valence-corrected chi connectivity index (χ3v) is 6.15. The molecule has 3 aromatic rings. The minimum absolute atomic E-state index is 0.0351. The predicted molar refractivity (Wildman–Crippen MR) is 123 cm³/mol. The lowest BCUT2D eigenvalue weighted by Gasteiger charge is -2.15. The van der Waals surface area contributed by atoms with Crippen molar-refractivity contribution in [2.75, 3.05) is 12.3 Å².